The lowest BCUT2D eigenvalue weighted by atomic mass is 9.98. The Morgan fingerprint density at radius 1 is 0.852 bits per heavy atom. The van der Waals surface area contributed by atoms with Crippen LogP contribution in [-0.2, 0) is 47.6 Å². The quantitative estimate of drug-likeness (QED) is 0.328. The molecule has 10 nitrogen and oxygen atoms in total. The van der Waals surface area contributed by atoms with Crippen LogP contribution in [0, 0.1) is 12.3 Å². The number of carbonyl (C=O) groups excluding carboxylic acids is 4. The van der Waals surface area contributed by atoms with E-state index >= 15 is 0 Å². The molecule has 0 N–H and O–H groups in total. The van der Waals surface area contributed by atoms with Crippen LogP contribution in [0.5, 0.6) is 0 Å². The highest BCUT2D eigenvalue weighted by Gasteiger charge is 2.52. The van der Waals surface area contributed by atoms with Gasteiger partial charge in [0.25, 0.3) is 0 Å². The molecule has 5 atom stereocenters. The van der Waals surface area contributed by atoms with Gasteiger partial charge in [-0.2, -0.15) is 0 Å². The van der Waals surface area contributed by atoms with Crippen LogP contribution in [0.1, 0.15) is 27.7 Å². The zero-order chi connectivity index (χ0) is 20.6. The summed E-state index contributed by atoms with van der Waals surface area (Å²) < 4.78 is 31.5. The first-order valence-corrected chi connectivity index (χ1v) is 8.01. The van der Waals surface area contributed by atoms with Crippen LogP contribution in [0.15, 0.2) is 0 Å². The Balaban J connectivity index is 3.25. The van der Waals surface area contributed by atoms with Crippen molar-refractivity contribution in [3.05, 3.63) is 0 Å². The predicted octanol–water partition coefficient (Wildman–Crippen LogP) is -0.281. The molecule has 0 aliphatic carbocycles. The Kier molecular flexibility index (Phi) is 8.71. The van der Waals surface area contributed by atoms with Crippen LogP contribution in [0.2, 0.25) is 0 Å². The molecule has 2 unspecified atom stereocenters. The summed E-state index contributed by atoms with van der Waals surface area (Å²) in [5, 5.41) is 0. The lowest BCUT2D eigenvalue weighted by molar-refractivity contribution is -0.305. The second-order valence-corrected chi connectivity index (χ2v) is 5.58. The summed E-state index contributed by atoms with van der Waals surface area (Å²) >= 11 is 0. The molecule has 0 spiro atoms. The highest BCUT2D eigenvalue weighted by atomic mass is 16.7. The maximum Gasteiger partial charge on any atom is 0.303 e. The fourth-order valence-electron chi connectivity index (χ4n) is 2.45. The Morgan fingerprint density at radius 2 is 1.37 bits per heavy atom. The Morgan fingerprint density at radius 3 is 1.85 bits per heavy atom. The number of esters is 4. The topological polar surface area (TPSA) is 124 Å². The third-order valence-electron chi connectivity index (χ3n) is 3.28. The SMILES string of the molecule is C#CCO[C@@H]1OC(COC(C)=O)[C@H](OC(C)=O)C(OC(C)=O)[C@@H]1OC(C)=O. The monoisotopic (exact) mass is 386 g/mol. The first kappa shape index (κ1) is 22.4. The van der Waals surface area contributed by atoms with Crippen LogP contribution in [0.25, 0.3) is 0 Å². The van der Waals surface area contributed by atoms with Crippen LogP contribution in [0.3, 0.4) is 0 Å². The van der Waals surface area contributed by atoms with Crippen molar-refractivity contribution < 1.29 is 47.6 Å². The van der Waals surface area contributed by atoms with E-state index in [4.69, 9.17) is 34.8 Å². The standard InChI is InChI=1S/C17H22O10/c1-6-7-22-17-16(26-12(5)21)15(25-11(4)20)14(24-10(3)19)13(27-17)8-23-9(2)18/h1,13-17H,7-8H2,2-5H3/t13?,14-,15?,16-,17+/m0/s1. The average Bonchev–Trinajstić information content (AvgIpc) is 2.54. The molecule has 150 valence electrons. The summed E-state index contributed by atoms with van der Waals surface area (Å²) in [6.07, 6.45) is -0.894. The van der Waals surface area contributed by atoms with Crippen molar-refractivity contribution in [1.29, 1.82) is 0 Å². The first-order valence-electron chi connectivity index (χ1n) is 8.01. The molecule has 0 aromatic carbocycles. The molecule has 10 heteroatoms. The van der Waals surface area contributed by atoms with Gasteiger partial charge in [0.05, 0.1) is 0 Å². The first-order chi connectivity index (χ1) is 12.6. The van der Waals surface area contributed by atoms with E-state index in [0.29, 0.717) is 0 Å². The lowest BCUT2D eigenvalue weighted by Crippen LogP contribution is -2.62. The molecule has 0 aromatic rings. The van der Waals surface area contributed by atoms with Crippen LogP contribution < -0.4 is 0 Å². The van der Waals surface area contributed by atoms with Crippen molar-refractivity contribution in [3.8, 4) is 12.3 Å². The van der Waals surface area contributed by atoms with Crippen molar-refractivity contribution >= 4 is 23.9 Å². The second kappa shape index (κ2) is 10.5. The van der Waals surface area contributed by atoms with E-state index < -0.39 is 54.6 Å². The zero-order valence-electron chi connectivity index (χ0n) is 15.5. The number of hydrogen-bond acceptors (Lipinski definition) is 10. The van der Waals surface area contributed by atoms with Gasteiger partial charge in [-0.25, -0.2) is 0 Å². The van der Waals surface area contributed by atoms with Crippen LogP contribution in [-0.4, -0.2) is 67.8 Å². The van der Waals surface area contributed by atoms with Crippen molar-refractivity contribution in [2.24, 2.45) is 0 Å². The largest absolute Gasteiger partial charge is 0.463 e. The van der Waals surface area contributed by atoms with Crippen LogP contribution >= 0.6 is 0 Å². The van der Waals surface area contributed by atoms with Crippen molar-refractivity contribution in [3.63, 3.8) is 0 Å². The van der Waals surface area contributed by atoms with E-state index in [1.165, 1.54) is 6.92 Å². The molecular formula is C17H22O10. The summed E-state index contributed by atoms with van der Waals surface area (Å²) in [5.74, 6) is -0.519. The minimum atomic E-state index is -1.27. The van der Waals surface area contributed by atoms with E-state index in [-0.39, 0.29) is 13.2 Å². The smallest absolute Gasteiger partial charge is 0.303 e. The third kappa shape index (κ3) is 7.24. The number of ether oxygens (including phenoxy) is 6. The third-order valence-corrected chi connectivity index (χ3v) is 3.28. The number of rotatable bonds is 7. The van der Waals surface area contributed by atoms with Gasteiger partial charge in [0.2, 0.25) is 0 Å². The van der Waals surface area contributed by atoms with Crippen molar-refractivity contribution in [2.45, 2.75) is 58.4 Å². The summed E-state index contributed by atoms with van der Waals surface area (Å²) in [6.45, 7) is 4.05. The maximum absolute atomic E-state index is 11.6. The molecule has 0 aromatic heterocycles. The van der Waals surface area contributed by atoms with E-state index in [0.717, 1.165) is 20.8 Å². The number of hydrogen-bond donors (Lipinski definition) is 0. The van der Waals surface area contributed by atoms with Gasteiger partial charge >= 0.3 is 23.9 Å². The highest BCUT2D eigenvalue weighted by molar-refractivity contribution is 5.68. The molecule has 0 bridgehead atoms. The van der Waals surface area contributed by atoms with E-state index in [1.807, 2.05) is 0 Å². The lowest BCUT2D eigenvalue weighted by Gasteiger charge is -2.43. The van der Waals surface area contributed by atoms with Gasteiger partial charge in [-0.3, -0.25) is 19.2 Å². The fourth-order valence-corrected chi connectivity index (χ4v) is 2.45. The normalized spacial score (nSPS) is 27.0. The Bertz CT molecular complexity index is 607. The maximum atomic E-state index is 11.6. The fraction of sp³-hybridized carbons (Fsp3) is 0.647. The summed E-state index contributed by atoms with van der Waals surface area (Å²) in [4.78, 5) is 45.7. The number of carbonyl (C=O) groups is 4. The average molecular weight is 386 g/mol. The predicted molar refractivity (Wildman–Crippen MR) is 86.7 cm³/mol. The number of terminal acetylenes is 1. The van der Waals surface area contributed by atoms with E-state index in [1.54, 1.807) is 0 Å². The molecule has 1 aliphatic rings. The minimum absolute atomic E-state index is 0.201. The molecule has 27 heavy (non-hydrogen) atoms. The molecule has 1 fully saturated rings. The molecular weight excluding hydrogens is 364 g/mol. The second-order valence-electron chi connectivity index (χ2n) is 5.58. The van der Waals surface area contributed by atoms with Gasteiger partial charge in [-0.05, 0) is 0 Å². The van der Waals surface area contributed by atoms with E-state index in [2.05, 4.69) is 5.92 Å². The molecule has 1 heterocycles. The molecule has 1 rings (SSSR count). The van der Waals surface area contributed by atoms with Gasteiger partial charge in [-0.15, -0.1) is 6.42 Å². The molecule has 0 saturated carbocycles. The summed E-state index contributed by atoms with van der Waals surface area (Å²) in [6, 6.07) is 0. The summed E-state index contributed by atoms with van der Waals surface area (Å²) in [7, 11) is 0. The van der Waals surface area contributed by atoms with Gasteiger partial charge in [0, 0.05) is 27.7 Å². The molecule has 0 amide bonds. The van der Waals surface area contributed by atoms with Gasteiger partial charge in [0.1, 0.15) is 19.3 Å². The highest BCUT2D eigenvalue weighted by Crippen LogP contribution is 2.29. The van der Waals surface area contributed by atoms with Crippen molar-refractivity contribution in [2.75, 3.05) is 13.2 Å². The molecule has 1 saturated heterocycles. The van der Waals surface area contributed by atoms with Gasteiger partial charge in [-0.1, -0.05) is 5.92 Å². The Hall–Kier alpha value is -2.64. The Labute approximate surface area is 156 Å². The van der Waals surface area contributed by atoms with Crippen LogP contribution in [0.4, 0.5) is 0 Å². The van der Waals surface area contributed by atoms with E-state index in [9.17, 15) is 19.2 Å². The molecule has 0 radical (unpaired) electrons. The van der Waals surface area contributed by atoms with Gasteiger partial charge < -0.3 is 28.4 Å². The van der Waals surface area contributed by atoms with Gasteiger partial charge in [0.15, 0.2) is 24.6 Å². The van der Waals surface area contributed by atoms with Crippen molar-refractivity contribution in [1.82, 2.24) is 0 Å². The minimum Gasteiger partial charge on any atom is -0.463 e. The summed E-state index contributed by atoms with van der Waals surface area (Å²) in [5.41, 5.74) is 0. The molecule has 1 aliphatic heterocycles. The zero-order valence-corrected chi connectivity index (χ0v) is 15.5.